The molecule has 2 amide bonds. The minimum atomic E-state index is -0.689. The SMILES string of the molecule is Cc1cc(C)cc(NC(=O)C(=O)NCCOc2ccc3ccccc3c2)c1. The molecule has 0 aliphatic heterocycles. The van der Waals surface area contributed by atoms with Crippen LogP contribution < -0.4 is 15.4 Å². The Bertz CT molecular complexity index is 962. The van der Waals surface area contributed by atoms with Crippen molar-refractivity contribution < 1.29 is 14.3 Å². The fourth-order valence-electron chi connectivity index (χ4n) is 2.91. The van der Waals surface area contributed by atoms with E-state index in [9.17, 15) is 9.59 Å². The van der Waals surface area contributed by atoms with Crippen molar-refractivity contribution in [1.82, 2.24) is 5.32 Å². The van der Waals surface area contributed by atoms with Crippen LogP contribution in [0.25, 0.3) is 10.8 Å². The number of hydrogen-bond acceptors (Lipinski definition) is 3. The van der Waals surface area contributed by atoms with Crippen LogP contribution in [-0.4, -0.2) is 25.0 Å². The zero-order chi connectivity index (χ0) is 19.2. The molecule has 0 radical (unpaired) electrons. The summed E-state index contributed by atoms with van der Waals surface area (Å²) >= 11 is 0. The number of amides is 2. The van der Waals surface area contributed by atoms with Gasteiger partial charge >= 0.3 is 11.8 Å². The molecule has 0 bridgehead atoms. The summed E-state index contributed by atoms with van der Waals surface area (Å²) in [6.45, 7) is 4.40. The first-order valence-electron chi connectivity index (χ1n) is 8.80. The van der Waals surface area contributed by atoms with Crippen LogP contribution in [0.4, 0.5) is 5.69 Å². The van der Waals surface area contributed by atoms with Crippen LogP contribution in [0.3, 0.4) is 0 Å². The third kappa shape index (κ3) is 5.07. The number of aryl methyl sites for hydroxylation is 2. The molecule has 3 rings (SSSR count). The first-order valence-corrected chi connectivity index (χ1v) is 8.80. The summed E-state index contributed by atoms with van der Waals surface area (Å²) in [5.74, 6) is -0.649. The van der Waals surface area contributed by atoms with E-state index in [0.29, 0.717) is 5.69 Å². The van der Waals surface area contributed by atoms with Gasteiger partial charge < -0.3 is 15.4 Å². The second-order valence-electron chi connectivity index (χ2n) is 6.44. The van der Waals surface area contributed by atoms with Gasteiger partial charge in [0.1, 0.15) is 12.4 Å². The van der Waals surface area contributed by atoms with Gasteiger partial charge in [0.15, 0.2) is 0 Å². The normalized spacial score (nSPS) is 10.4. The van der Waals surface area contributed by atoms with Crippen LogP contribution in [0, 0.1) is 13.8 Å². The van der Waals surface area contributed by atoms with E-state index >= 15 is 0 Å². The second-order valence-corrected chi connectivity index (χ2v) is 6.44. The Kier molecular flexibility index (Phi) is 5.71. The Hall–Kier alpha value is -3.34. The smallest absolute Gasteiger partial charge is 0.313 e. The van der Waals surface area contributed by atoms with E-state index < -0.39 is 11.8 Å². The van der Waals surface area contributed by atoms with Gasteiger partial charge in [0.2, 0.25) is 0 Å². The van der Waals surface area contributed by atoms with Gasteiger partial charge in [0.05, 0.1) is 6.54 Å². The van der Waals surface area contributed by atoms with Gasteiger partial charge in [-0.2, -0.15) is 0 Å². The van der Waals surface area contributed by atoms with Crippen LogP contribution in [0.1, 0.15) is 11.1 Å². The lowest BCUT2D eigenvalue weighted by molar-refractivity contribution is -0.136. The highest BCUT2D eigenvalue weighted by atomic mass is 16.5. The highest BCUT2D eigenvalue weighted by molar-refractivity contribution is 6.39. The van der Waals surface area contributed by atoms with E-state index in [2.05, 4.69) is 10.6 Å². The van der Waals surface area contributed by atoms with Crippen LogP contribution in [0.15, 0.2) is 60.7 Å². The lowest BCUT2D eigenvalue weighted by atomic mass is 10.1. The molecule has 0 saturated heterocycles. The van der Waals surface area contributed by atoms with Crippen molar-refractivity contribution in [2.45, 2.75) is 13.8 Å². The molecule has 5 heteroatoms. The van der Waals surface area contributed by atoms with Gasteiger partial charge in [0, 0.05) is 5.69 Å². The Morgan fingerprint density at radius 1 is 0.852 bits per heavy atom. The quantitative estimate of drug-likeness (QED) is 0.538. The predicted molar refractivity (Wildman–Crippen MR) is 107 cm³/mol. The molecule has 138 valence electrons. The van der Waals surface area contributed by atoms with Gasteiger partial charge in [0.25, 0.3) is 0 Å². The minimum absolute atomic E-state index is 0.242. The predicted octanol–water partition coefficient (Wildman–Crippen LogP) is 3.59. The fraction of sp³-hybridized carbons (Fsp3) is 0.182. The Morgan fingerprint density at radius 2 is 1.56 bits per heavy atom. The van der Waals surface area contributed by atoms with Crippen LogP contribution in [-0.2, 0) is 9.59 Å². The highest BCUT2D eigenvalue weighted by Gasteiger charge is 2.13. The summed E-state index contributed by atoms with van der Waals surface area (Å²) in [4.78, 5) is 23.9. The zero-order valence-corrected chi connectivity index (χ0v) is 15.4. The largest absolute Gasteiger partial charge is 0.492 e. The Labute approximate surface area is 158 Å². The molecule has 0 fully saturated rings. The van der Waals surface area contributed by atoms with E-state index in [0.717, 1.165) is 27.6 Å². The fourth-order valence-corrected chi connectivity index (χ4v) is 2.91. The maximum absolute atomic E-state index is 12.0. The molecule has 5 nitrogen and oxygen atoms in total. The zero-order valence-electron chi connectivity index (χ0n) is 15.4. The lowest BCUT2D eigenvalue weighted by Crippen LogP contribution is -2.37. The topological polar surface area (TPSA) is 67.4 Å². The summed E-state index contributed by atoms with van der Waals surface area (Å²) in [6, 6.07) is 19.5. The van der Waals surface area contributed by atoms with Crippen molar-refractivity contribution in [3.05, 3.63) is 71.8 Å². The molecule has 3 aromatic rings. The summed E-state index contributed by atoms with van der Waals surface area (Å²) in [6.07, 6.45) is 0. The van der Waals surface area contributed by atoms with Gasteiger partial charge in [-0.05, 0) is 60.0 Å². The first-order chi connectivity index (χ1) is 13.0. The number of ether oxygens (including phenoxy) is 1. The van der Waals surface area contributed by atoms with Crippen molar-refractivity contribution in [3.63, 3.8) is 0 Å². The molecule has 0 aliphatic carbocycles. The van der Waals surface area contributed by atoms with Crippen molar-refractivity contribution >= 4 is 28.3 Å². The number of carbonyl (C=O) groups is 2. The number of benzene rings is 3. The molecule has 0 spiro atoms. The molecule has 0 atom stereocenters. The van der Waals surface area contributed by atoms with Gasteiger partial charge in [-0.15, -0.1) is 0 Å². The summed E-state index contributed by atoms with van der Waals surface area (Å²) in [5.41, 5.74) is 2.66. The summed E-state index contributed by atoms with van der Waals surface area (Å²) < 4.78 is 5.65. The Morgan fingerprint density at radius 3 is 2.30 bits per heavy atom. The van der Waals surface area contributed by atoms with Crippen molar-refractivity contribution in [3.8, 4) is 5.75 Å². The van der Waals surface area contributed by atoms with Crippen molar-refractivity contribution in [2.75, 3.05) is 18.5 Å². The lowest BCUT2D eigenvalue weighted by Gasteiger charge is -2.10. The maximum Gasteiger partial charge on any atom is 0.313 e. The number of rotatable bonds is 5. The first kappa shape index (κ1) is 18.5. The Balaban J connectivity index is 1.46. The van der Waals surface area contributed by atoms with Gasteiger partial charge in [-0.3, -0.25) is 9.59 Å². The second kappa shape index (κ2) is 8.36. The molecule has 0 unspecified atom stereocenters. The van der Waals surface area contributed by atoms with Crippen molar-refractivity contribution in [2.24, 2.45) is 0 Å². The highest BCUT2D eigenvalue weighted by Crippen LogP contribution is 2.20. The van der Waals surface area contributed by atoms with Crippen LogP contribution in [0.5, 0.6) is 5.75 Å². The number of nitrogens with one attached hydrogen (secondary N) is 2. The van der Waals surface area contributed by atoms with E-state index in [1.165, 1.54) is 0 Å². The minimum Gasteiger partial charge on any atom is -0.492 e. The number of anilines is 1. The number of fused-ring (bicyclic) bond motifs is 1. The average molecular weight is 362 g/mol. The van der Waals surface area contributed by atoms with Crippen LogP contribution in [0.2, 0.25) is 0 Å². The maximum atomic E-state index is 12.0. The molecule has 0 saturated carbocycles. The third-order valence-corrected chi connectivity index (χ3v) is 4.06. The monoisotopic (exact) mass is 362 g/mol. The molecule has 0 aliphatic rings. The molecule has 27 heavy (non-hydrogen) atoms. The van der Waals surface area contributed by atoms with E-state index in [1.54, 1.807) is 0 Å². The van der Waals surface area contributed by atoms with Crippen molar-refractivity contribution in [1.29, 1.82) is 0 Å². The molecule has 0 heterocycles. The average Bonchev–Trinajstić information content (AvgIpc) is 2.64. The van der Waals surface area contributed by atoms with Gasteiger partial charge in [-0.1, -0.05) is 36.4 Å². The molecule has 2 N–H and O–H groups in total. The molecule has 3 aromatic carbocycles. The molecular weight excluding hydrogens is 340 g/mol. The molecular formula is C22H22N2O3. The van der Waals surface area contributed by atoms with E-state index in [4.69, 9.17) is 4.74 Å². The van der Waals surface area contributed by atoms with E-state index in [-0.39, 0.29) is 13.2 Å². The summed E-state index contributed by atoms with van der Waals surface area (Å²) in [7, 11) is 0. The number of hydrogen-bond donors (Lipinski definition) is 2. The third-order valence-electron chi connectivity index (χ3n) is 4.06. The summed E-state index contributed by atoms with van der Waals surface area (Å²) in [5, 5.41) is 7.40. The van der Waals surface area contributed by atoms with E-state index in [1.807, 2.05) is 74.5 Å². The standard InChI is InChI=1S/C22H22N2O3/c1-15-11-16(2)13-19(12-15)24-22(26)21(25)23-9-10-27-20-8-7-17-5-3-4-6-18(17)14-20/h3-8,11-14H,9-10H2,1-2H3,(H,23,25)(H,24,26). The molecule has 0 aromatic heterocycles. The van der Waals surface area contributed by atoms with Crippen LogP contribution >= 0.6 is 0 Å². The number of carbonyl (C=O) groups excluding carboxylic acids is 2. The van der Waals surface area contributed by atoms with Gasteiger partial charge in [-0.25, -0.2) is 0 Å².